The minimum absolute atomic E-state index is 0.185. The zero-order valence-corrected chi connectivity index (χ0v) is 14.0. The Kier molecular flexibility index (Phi) is 7.43. The molecule has 1 amide bonds. The van der Waals surface area contributed by atoms with Gasteiger partial charge in [-0.2, -0.15) is 0 Å². The van der Waals surface area contributed by atoms with Gasteiger partial charge in [0.1, 0.15) is 11.7 Å². The van der Waals surface area contributed by atoms with Crippen LogP contribution < -0.4 is 11.1 Å². The number of hydrogen-bond donors (Lipinski definition) is 2. The van der Waals surface area contributed by atoms with Gasteiger partial charge in [0.05, 0.1) is 0 Å². The van der Waals surface area contributed by atoms with Crippen molar-refractivity contribution in [2.75, 3.05) is 13.2 Å². The SMILES string of the molecule is N/C(CCc1ccccc1)=N\OCC(=O)NCCc1ccc(F)cc1. The van der Waals surface area contributed by atoms with Crippen LogP contribution in [0.2, 0.25) is 0 Å². The van der Waals surface area contributed by atoms with E-state index in [0.29, 0.717) is 25.2 Å². The molecular formula is C19H22FN3O2. The average Bonchev–Trinajstić information content (AvgIpc) is 2.62. The highest BCUT2D eigenvalue weighted by molar-refractivity contribution is 5.80. The second kappa shape index (κ2) is 10.1. The van der Waals surface area contributed by atoms with Gasteiger partial charge in [-0.1, -0.05) is 47.6 Å². The molecule has 0 aliphatic rings. The lowest BCUT2D eigenvalue weighted by Gasteiger charge is -2.05. The van der Waals surface area contributed by atoms with Crippen molar-refractivity contribution < 1.29 is 14.0 Å². The van der Waals surface area contributed by atoms with Crippen molar-refractivity contribution >= 4 is 11.7 Å². The van der Waals surface area contributed by atoms with Crippen LogP contribution in [0.5, 0.6) is 0 Å². The van der Waals surface area contributed by atoms with Crippen molar-refractivity contribution in [1.29, 1.82) is 0 Å². The summed E-state index contributed by atoms with van der Waals surface area (Å²) in [5.41, 5.74) is 7.87. The fourth-order valence-electron chi connectivity index (χ4n) is 2.18. The molecule has 0 bridgehead atoms. The maximum absolute atomic E-state index is 12.8. The van der Waals surface area contributed by atoms with Crippen LogP contribution in [-0.4, -0.2) is 24.9 Å². The summed E-state index contributed by atoms with van der Waals surface area (Å²) in [6, 6.07) is 16.1. The Morgan fingerprint density at radius 1 is 1.04 bits per heavy atom. The molecule has 6 heteroatoms. The lowest BCUT2D eigenvalue weighted by atomic mass is 10.1. The molecule has 0 fully saturated rings. The molecule has 0 unspecified atom stereocenters. The van der Waals surface area contributed by atoms with E-state index in [9.17, 15) is 9.18 Å². The predicted molar refractivity (Wildman–Crippen MR) is 95.5 cm³/mol. The third-order valence-corrected chi connectivity index (χ3v) is 3.54. The largest absolute Gasteiger partial charge is 0.384 e. The first kappa shape index (κ1) is 18.4. The van der Waals surface area contributed by atoms with Crippen LogP contribution in [0, 0.1) is 5.82 Å². The van der Waals surface area contributed by atoms with E-state index in [0.717, 1.165) is 12.0 Å². The maximum Gasteiger partial charge on any atom is 0.260 e. The average molecular weight is 343 g/mol. The molecule has 132 valence electrons. The molecule has 0 aliphatic heterocycles. The van der Waals surface area contributed by atoms with Crippen molar-refractivity contribution in [2.45, 2.75) is 19.3 Å². The minimum Gasteiger partial charge on any atom is -0.384 e. The summed E-state index contributed by atoms with van der Waals surface area (Å²) >= 11 is 0. The number of nitrogens with two attached hydrogens (primary N) is 1. The predicted octanol–water partition coefficient (Wildman–Crippen LogP) is 2.41. The summed E-state index contributed by atoms with van der Waals surface area (Å²) in [4.78, 5) is 16.6. The zero-order chi connectivity index (χ0) is 17.9. The molecule has 25 heavy (non-hydrogen) atoms. The number of nitrogens with zero attached hydrogens (tertiary/aromatic N) is 1. The van der Waals surface area contributed by atoms with E-state index in [1.807, 2.05) is 30.3 Å². The summed E-state index contributed by atoms with van der Waals surface area (Å²) < 4.78 is 12.8. The summed E-state index contributed by atoms with van der Waals surface area (Å²) in [7, 11) is 0. The van der Waals surface area contributed by atoms with Gasteiger partial charge in [0.2, 0.25) is 0 Å². The van der Waals surface area contributed by atoms with Gasteiger partial charge in [-0.05, 0) is 36.1 Å². The smallest absolute Gasteiger partial charge is 0.260 e. The highest BCUT2D eigenvalue weighted by Gasteiger charge is 2.02. The molecule has 0 heterocycles. The molecule has 2 rings (SSSR count). The number of benzene rings is 2. The van der Waals surface area contributed by atoms with Crippen molar-refractivity contribution in [1.82, 2.24) is 5.32 Å². The van der Waals surface area contributed by atoms with Gasteiger partial charge < -0.3 is 15.9 Å². The van der Waals surface area contributed by atoms with Crippen LogP contribution in [0.15, 0.2) is 59.8 Å². The molecule has 3 N–H and O–H groups in total. The van der Waals surface area contributed by atoms with E-state index in [1.54, 1.807) is 12.1 Å². The number of rotatable bonds is 9. The fraction of sp³-hybridized carbons (Fsp3) is 0.263. The third-order valence-electron chi connectivity index (χ3n) is 3.54. The number of aryl methyl sites for hydroxylation is 1. The van der Waals surface area contributed by atoms with Gasteiger partial charge in [-0.3, -0.25) is 4.79 Å². The number of carbonyl (C=O) groups is 1. The standard InChI is InChI=1S/C19H22FN3O2/c20-17-9-6-16(7-10-17)12-13-22-19(24)14-25-23-18(21)11-8-15-4-2-1-3-5-15/h1-7,9-10H,8,11-14H2,(H2,21,23)(H,22,24). The molecule has 0 aliphatic carbocycles. The highest BCUT2D eigenvalue weighted by Crippen LogP contribution is 2.03. The van der Waals surface area contributed by atoms with E-state index in [1.165, 1.54) is 17.7 Å². The second-order valence-corrected chi connectivity index (χ2v) is 5.57. The highest BCUT2D eigenvalue weighted by atomic mass is 19.1. The Balaban J connectivity index is 1.59. The minimum atomic E-state index is -0.276. The number of halogens is 1. The van der Waals surface area contributed by atoms with Gasteiger partial charge in [0.25, 0.3) is 5.91 Å². The molecule has 5 nitrogen and oxygen atoms in total. The normalized spacial score (nSPS) is 11.2. The molecule has 0 aromatic heterocycles. The summed E-state index contributed by atoms with van der Waals surface area (Å²) in [5, 5.41) is 6.46. The van der Waals surface area contributed by atoms with Crippen LogP contribution in [0.1, 0.15) is 17.5 Å². The van der Waals surface area contributed by atoms with E-state index in [-0.39, 0.29) is 18.3 Å². The van der Waals surface area contributed by atoms with Crippen LogP contribution in [0.4, 0.5) is 4.39 Å². The zero-order valence-electron chi connectivity index (χ0n) is 14.0. The van der Waals surface area contributed by atoms with Crippen LogP contribution >= 0.6 is 0 Å². The first-order valence-electron chi connectivity index (χ1n) is 8.13. The number of amidine groups is 1. The summed E-state index contributed by atoms with van der Waals surface area (Å²) in [6.07, 6.45) is 1.95. The van der Waals surface area contributed by atoms with Crippen LogP contribution in [0.25, 0.3) is 0 Å². The molecule has 0 radical (unpaired) electrons. The van der Waals surface area contributed by atoms with Crippen LogP contribution in [0.3, 0.4) is 0 Å². The molecule has 0 spiro atoms. The molecule has 2 aromatic carbocycles. The quantitative estimate of drug-likeness (QED) is 0.417. The first-order chi connectivity index (χ1) is 12.1. The van der Waals surface area contributed by atoms with Crippen LogP contribution in [-0.2, 0) is 22.5 Å². The maximum atomic E-state index is 12.8. The summed E-state index contributed by atoms with van der Waals surface area (Å²) in [6.45, 7) is 0.260. The van der Waals surface area contributed by atoms with E-state index >= 15 is 0 Å². The Morgan fingerprint density at radius 2 is 1.72 bits per heavy atom. The fourth-order valence-corrected chi connectivity index (χ4v) is 2.18. The molecular weight excluding hydrogens is 321 g/mol. The van der Waals surface area contributed by atoms with Gasteiger partial charge in [0, 0.05) is 13.0 Å². The van der Waals surface area contributed by atoms with E-state index < -0.39 is 0 Å². The van der Waals surface area contributed by atoms with Gasteiger partial charge >= 0.3 is 0 Å². The monoisotopic (exact) mass is 343 g/mol. The second-order valence-electron chi connectivity index (χ2n) is 5.57. The van der Waals surface area contributed by atoms with E-state index in [2.05, 4.69) is 10.5 Å². The number of hydrogen-bond acceptors (Lipinski definition) is 3. The van der Waals surface area contributed by atoms with E-state index in [4.69, 9.17) is 10.6 Å². The number of amides is 1. The lowest BCUT2D eigenvalue weighted by Crippen LogP contribution is -2.29. The van der Waals surface area contributed by atoms with Crippen molar-refractivity contribution in [2.24, 2.45) is 10.9 Å². The number of oxime groups is 1. The van der Waals surface area contributed by atoms with Gasteiger partial charge in [0.15, 0.2) is 6.61 Å². The van der Waals surface area contributed by atoms with Crippen molar-refractivity contribution in [3.63, 3.8) is 0 Å². The van der Waals surface area contributed by atoms with Crippen molar-refractivity contribution in [3.8, 4) is 0 Å². The Hall–Kier alpha value is -2.89. The Morgan fingerprint density at radius 3 is 2.44 bits per heavy atom. The number of carbonyl (C=O) groups excluding carboxylic acids is 1. The topological polar surface area (TPSA) is 76.7 Å². The Bertz CT molecular complexity index is 688. The molecule has 0 saturated heterocycles. The van der Waals surface area contributed by atoms with Gasteiger partial charge in [-0.15, -0.1) is 0 Å². The number of nitrogens with one attached hydrogen (secondary N) is 1. The molecule has 0 atom stereocenters. The molecule has 2 aromatic rings. The molecule has 0 saturated carbocycles. The van der Waals surface area contributed by atoms with Gasteiger partial charge in [-0.25, -0.2) is 4.39 Å². The third kappa shape index (κ3) is 7.48. The first-order valence-corrected chi connectivity index (χ1v) is 8.13. The summed E-state index contributed by atoms with van der Waals surface area (Å²) in [5.74, 6) is -0.200. The Labute approximate surface area is 146 Å². The lowest BCUT2D eigenvalue weighted by molar-refractivity contribution is -0.125. The van der Waals surface area contributed by atoms with Crippen molar-refractivity contribution in [3.05, 3.63) is 71.5 Å².